The highest BCUT2D eigenvalue weighted by Crippen LogP contribution is 2.43. The molecule has 1 aromatic heterocycles. The maximum absolute atomic E-state index is 11.0. The monoisotopic (exact) mass is 541 g/mol. The van der Waals surface area contributed by atoms with Crippen LogP contribution in [-0.2, 0) is 16.1 Å². The van der Waals surface area contributed by atoms with Gasteiger partial charge in [0.1, 0.15) is 24.4 Å². The minimum atomic E-state index is -2.49. The summed E-state index contributed by atoms with van der Waals surface area (Å²) < 4.78 is 47.9. The Labute approximate surface area is 223 Å². The Balaban J connectivity index is 1.39. The molecule has 1 aliphatic heterocycles. The molecular formula is C27H29N2O8S-. The van der Waals surface area contributed by atoms with Crippen molar-refractivity contribution >= 4 is 17.6 Å². The van der Waals surface area contributed by atoms with Crippen molar-refractivity contribution in [3.8, 4) is 28.9 Å². The molecule has 202 valence electrons. The summed E-state index contributed by atoms with van der Waals surface area (Å²) in [6.45, 7) is 4.08. The number of hydrogen-bond donors (Lipinski definition) is 2. The zero-order chi connectivity index (χ0) is 27.1. The number of aromatic nitrogens is 1. The van der Waals surface area contributed by atoms with E-state index in [1.54, 1.807) is 62.5 Å². The third kappa shape index (κ3) is 7.51. The van der Waals surface area contributed by atoms with Crippen LogP contribution in [0.3, 0.4) is 0 Å². The molecule has 0 fully saturated rings. The SMILES string of the molecule is CC(C)(O)CCOc1ccc(Oc2cccc3c2OC[C@H]3Oc2ccc(C(CC=O)NS(=O)[O-])cc2)cn1. The minimum absolute atomic E-state index is 0.0220. The molecule has 2 heterocycles. The first kappa shape index (κ1) is 27.5. The van der Waals surface area contributed by atoms with Crippen LogP contribution < -0.4 is 23.7 Å². The molecule has 11 heteroatoms. The molecule has 2 N–H and O–H groups in total. The van der Waals surface area contributed by atoms with E-state index in [0.717, 1.165) is 5.56 Å². The zero-order valence-electron chi connectivity index (χ0n) is 21.0. The van der Waals surface area contributed by atoms with Gasteiger partial charge in [0, 0.05) is 41.8 Å². The van der Waals surface area contributed by atoms with Crippen LogP contribution in [0.4, 0.5) is 0 Å². The van der Waals surface area contributed by atoms with Gasteiger partial charge in [-0.15, -0.1) is 0 Å². The summed E-state index contributed by atoms with van der Waals surface area (Å²) in [7, 11) is 0. The Morgan fingerprint density at radius 1 is 1.21 bits per heavy atom. The number of carbonyl (C=O) groups is 1. The van der Waals surface area contributed by atoms with Gasteiger partial charge in [-0.1, -0.05) is 24.3 Å². The summed E-state index contributed by atoms with van der Waals surface area (Å²) in [5, 5.41) is 9.78. The number of benzene rings is 2. The van der Waals surface area contributed by atoms with E-state index in [2.05, 4.69) is 9.71 Å². The standard InChI is InChI=1S/C27H30N2O8S/c1-27(2,31)13-15-34-25-11-10-20(16-28-25)37-23-5-3-4-21-24(17-35-26(21)23)36-19-8-6-18(7-9-19)22(12-14-30)29-38(32)33/h3-11,14,16,22,24,29,31H,12-13,15,17H2,1-2H3,(H,32,33)/p-1/t22?,24-/m1/s1. The van der Waals surface area contributed by atoms with E-state index in [9.17, 15) is 18.7 Å². The lowest BCUT2D eigenvalue weighted by molar-refractivity contribution is -0.108. The molecule has 10 nitrogen and oxygen atoms in total. The molecule has 0 spiro atoms. The van der Waals surface area contributed by atoms with Gasteiger partial charge in [0.2, 0.25) is 5.88 Å². The van der Waals surface area contributed by atoms with E-state index in [-0.39, 0.29) is 19.1 Å². The lowest BCUT2D eigenvalue weighted by atomic mass is 10.1. The summed E-state index contributed by atoms with van der Waals surface area (Å²) in [5.74, 6) is 2.61. The molecule has 0 saturated carbocycles. The van der Waals surface area contributed by atoms with Crippen molar-refractivity contribution in [1.29, 1.82) is 0 Å². The van der Waals surface area contributed by atoms with Gasteiger partial charge in [0.25, 0.3) is 0 Å². The topological polar surface area (TPSA) is 139 Å². The van der Waals surface area contributed by atoms with Gasteiger partial charge in [0.15, 0.2) is 17.6 Å². The highest BCUT2D eigenvalue weighted by Gasteiger charge is 2.29. The largest absolute Gasteiger partial charge is 0.760 e. The Kier molecular flexibility index (Phi) is 8.95. The van der Waals surface area contributed by atoms with Gasteiger partial charge in [-0.05, 0) is 43.7 Å². The van der Waals surface area contributed by atoms with Crippen LogP contribution in [0, 0.1) is 0 Å². The van der Waals surface area contributed by atoms with Crippen molar-refractivity contribution in [2.75, 3.05) is 13.2 Å². The maximum Gasteiger partial charge on any atom is 0.213 e. The fourth-order valence-electron chi connectivity index (χ4n) is 3.82. The number of carbonyl (C=O) groups excluding carboxylic acids is 1. The highest BCUT2D eigenvalue weighted by atomic mass is 32.2. The lowest BCUT2D eigenvalue weighted by Gasteiger charge is -2.19. The first-order chi connectivity index (χ1) is 18.2. The van der Waals surface area contributed by atoms with E-state index in [1.165, 1.54) is 0 Å². The third-order valence-electron chi connectivity index (χ3n) is 5.77. The van der Waals surface area contributed by atoms with E-state index in [1.807, 2.05) is 12.1 Å². The van der Waals surface area contributed by atoms with Crippen LogP contribution in [-0.4, -0.2) is 44.0 Å². The second-order valence-corrected chi connectivity index (χ2v) is 10.0. The van der Waals surface area contributed by atoms with Gasteiger partial charge in [-0.25, -0.2) is 9.71 Å². The fraction of sp³-hybridized carbons (Fsp3) is 0.333. The smallest absolute Gasteiger partial charge is 0.213 e. The summed E-state index contributed by atoms with van der Waals surface area (Å²) in [6.07, 6.45) is 2.35. The van der Waals surface area contributed by atoms with Crippen LogP contribution in [0.1, 0.15) is 50.0 Å². The van der Waals surface area contributed by atoms with E-state index >= 15 is 0 Å². The number of aliphatic hydroxyl groups is 1. The quantitative estimate of drug-likeness (QED) is 0.243. The number of pyridine rings is 1. The first-order valence-electron chi connectivity index (χ1n) is 12.0. The molecule has 0 radical (unpaired) electrons. The van der Waals surface area contributed by atoms with Gasteiger partial charge < -0.3 is 33.4 Å². The van der Waals surface area contributed by atoms with Crippen molar-refractivity contribution in [2.24, 2.45) is 0 Å². The maximum atomic E-state index is 11.0. The Bertz CT molecular complexity index is 1250. The number of aldehydes is 1. The summed E-state index contributed by atoms with van der Waals surface area (Å²) in [5.41, 5.74) is 0.670. The second kappa shape index (κ2) is 12.4. The average Bonchev–Trinajstić information content (AvgIpc) is 3.28. The number of ether oxygens (including phenoxy) is 4. The van der Waals surface area contributed by atoms with Crippen molar-refractivity contribution in [1.82, 2.24) is 9.71 Å². The molecule has 1 aliphatic rings. The van der Waals surface area contributed by atoms with Gasteiger partial charge in [-0.3, -0.25) is 4.21 Å². The normalized spacial score (nSPS) is 16.2. The van der Waals surface area contributed by atoms with Gasteiger partial charge in [-0.2, -0.15) is 0 Å². The van der Waals surface area contributed by atoms with Crippen LogP contribution in [0.15, 0.2) is 60.8 Å². The van der Waals surface area contributed by atoms with Crippen molar-refractivity contribution in [3.63, 3.8) is 0 Å². The molecule has 0 amide bonds. The van der Waals surface area contributed by atoms with Crippen LogP contribution in [0.5, 0.6) is 28.9 Å². The molecule has 0 aliphatic carbocycles. The van der Waals surface area contributed by atoms with Crippen LogP contribution in [0.25, 0.3) is 0 Å². The predicted molar refractivity (Wildman–Crippen MR) is 138 cm³/mol. The number of fused-ring (bicyclic) bond motifs is 1. The van der Waals surface area contributed by atoms with E-state index in [4.69, 9.17) is 18.9 Å². The Hall–Kier alpha value is -3.51. The molecule has 0 bridgehead atoms. The first-order valence-corrected chi connectivity index (χ1v) is 13.1. The van der Waals surface area contributed by atoms with Crippen molar-refractivity contribution in [2.45, 2.75) is 44.4 Å². The molecule has 2 unspecified atom stereocenters. The van der Waals surface area contributed by atoms with Gasteiger partial charge in [0.05, 0.1) is 18.4 Å². The summed E-state index contributed by atoms with van der Waals surface area (Å²) >= 11 is -2.49. The molecule has 3 aromatic rings. The van der Waals surface area contributed by atoms with Crippen molar-refractivity contribution in [3.05, 3.63) is 71.9 Å². The second-order valence-electron chi connectivity index (χ2n) is 9.31. The fourth-order valence-corrected chi connectivity index (χ4v) is 4.28. The molecular weight excluding hydrogens is 512 g/mol. The number of nitrogens with one attached hydrogen (secondary N) is 1. The van der Waals surface area contributed by atoms with E-state index in [0.29, 0.717) is 53.8 Å². The molecule has 38 heavy (non-hydrogen) atoms. The molecule has 3 atom stereocenters. The molecule has 0 saturated heterocycles. The van der Waals surface area contributed by atoms with Crippen LogP contribution in [0.2, 0.25) is 0 Å². The third-order valence-corrected chi connectivity index (χ3v) is 6.24. The summed E-state index contributed by atoms with van der Waals surface area (Å²) in [4.78, 5) is 15.2. The Morgan fingerprint density at radius 3 is 2.63 bits per heavy atom. The van der Waals surface area contributed by atoms with Crippen molar-refractivity contribution < 1.29 is 37.6 Å². The number of rotatable bonds is 13. The minimum Gasteiger partial charge on any atom is -0.760 e. The molecule has 4 rings (SSSR count). The number of para-hydroxylation sites is 1. The highest BCUT2D eigenvalue weighted by molar-refractivity contribution is 7.77. The number of nitrogens with zero attached hydrogens (tertiary/aromatic N) is 1. The molecule has 2 aromatic carbocycles. The van der Waals surface area contributed by atoms with Crippen LogP contribution >= 0.6 is 0 Å². The predicted octanol–water partition coefficient (Wildman–Crippen LogP) is 3.94. The zero-order valence-corrected chi connectivity index (χ0v) is 21.8. The lowest BCUT2D eigenvalue weighted by Crippen LogP contribution is -2.23. The van der Waals surface area contributed by atoms with E-state index < -0.39 is 22.9 Å². The number of hydrogen-bond acceptors (Lipinski definition) is 9. The summed E-state index contributed by atoms with van der Waals surface area (Å²) in [6, 6.07) is 15.2. The van der Waals surface area contributed by atoms with Gasteiger partial charge >= 0.3 is 0 Å². The average molecular weight is 542 g/mol. The Morgan fingerprint density at radius 2 is 1.97 bits per heavy atom.